The van der Waals surface area contributed by atoms with E-state index in [-0.39, 0.29) is 6.42 Å². The number of anilines is 2. The molecule has 0 heterocycles. The Morgan fingerprint density at radius 2 is 1.37 bits per heavy atom. The number of para-hydroxylation sites is 4. The number of allylic oxidation sites excluding steroid dienone is 1. The van der Waals surface area contributed by atoms with Crippen LogP contribution in [0.2, 0.25) is 0 Å². The lowest BCUT2D eigenvalue weighted by Gasteiger charge is -2.43. The highest BCUT2D eigenvalue weighted by atomic mass is 16.5. The third kappa shape index (κ3) is 7.02. The van der Waals surface area contributed by atoms with Gasteiger partial charge in [0.15, 0.2) is 0 Å². The Hall–Kier alpha value is -4.43. The van der Waals surface area contributed by atoms with E-state index in [1.54, 1.807) is 60.7 Å². The molecule has 8 heteroatoms. The Labute approximate surface area is 240 Å². The summed E-state index contributed by atoms with van der Waals surface area (Å²) >= 11 is 0. The van der Waals surface area contributed by atoms with Crippen LogP contribution in [0.25, 0.3) is 6.08 Å². The minimum absolute atomic E-state index is 0.362. The maximum absolute atomic E-state index is 13.9. The normalized spacial score (nSPS) is 22.2. The second-order valence-electron chi connectivity index (χ2n) is 10.1. The van der Waals surface area contributed by atoms with Crippen molar-refractivity contribution in [2.45, 2.75) is 32.8 Å². The molecule has 8 nitrogen and oxygen atoms in total. The number of ether oxygens (including phenoxy) is 2. The molecule has 2 amide bonds. The first-order chi connectivity index (χ1) is 19.7. The van der Waals surface area contributed by atoms with Gasteiger partial charge < -0.3 is 25.2 Å². The lowest BCUT2D eigenvalue weighted by Crippen LogP contribution is -2.57. The molecule has 3 aromatic carbocycles. The van der Waals surface area contributed by atoms with Gasteiger partial charge in [-0.1, -0.05) is 66.7 Å². The molecule has 1 aliphatic carbocycles. The first-order valence-corrected chi connectivity index (χ1v) is 13.8. The molecule has 0 spiro atoms. The smallest absolute Gasteiger partial charge is 0.235 e. The SMILES string of the molecule is CCOc1ccccc1NC(=O)C1C(=O)CC(C)(O)C(C(=O)Nc2ccccc2OCC)C1/C=C/c1ccccc1. The standard InChI is InChI=1S/C33H36N2O6/c1-4-40-27-17-11-9-15-24(27)34-31(37)29-23(20-19-22-13-7-6-8-14-22)30(33(3,39)21-26(29)36)32(38)35-25-16-10-12-18-28(25)41-5-2/h6-20,23,29-30,39H,4-5,21H2,1-3H3,(H,34,37)(H,35,38)/b20-19+. The highest BCUT2D eigenvalue weighted by Crippen LogP contribution is 2.43. The van der Waals surface area contributed by atoms with Gasteiger partial charge in [-0.2, -0.15) is 0 Å². The summed E-state index contributed by atoms with van der Waals surface area (Å²) in [5.74, 6) is -3.93. The van der Waals surface area contributed by atoms with Crippen molar-refractivity contribution >= 4 is 35.0 Å². The summed E-state index contributed by atoms with van der Waals surface area (Å²) in [7, 11) is 0. The number of carbonyl (C=O) groups is 3. The van der Waals surface area contributed by atoms with Crippen LogP contribution in [-0.4, -0.2) is 41.5 Å². The van der Waals surface area contributed by atoms with Crippen molar-refractivity contribution in [3.05, 3.63) is 90.5 Å². The predicted molar refractivity (Wildman–Crippen MR) is 159 cm³/mol. The predicted octanol–water partition coefficient (Wildman–Crippen LogP) is 5.35. The summed E-state index contributed by atoms with van der Waals surface area (Å²) in [5, 5.41) is 17.2. The van der Waals surface area contributed by atoms with E-state index in [9.17, 15) is 19.5 Å². The molecular weight excluding hydrogens is 520 g/mol. The molecule has 1 aliphatic rings. The van der Waals surface area contributed by atoms with E-state index in [2.05, 4.69) is 10.6 Å². The molecule has 4 atom stereocenters. The van der Waals surface area contributed by atoms with E-state index in [1.165, 1.54) is 6.92 Å². The number of ketones is 1. The minimum Gasteiger partial charge on any atom is -0.492 e. The van der Waals surface area contributed by atoms with Crippen molar-refractivity contribution in [3.63, 3.8) is 0 Å². The van der Waals surface area contributed by atoms with Gasteiger partial charge in [0.1, 0.15) is 23.2 Å². The number of carbonyl (C=O) groups excluding carboxylic acids is 3. The molecule has 1 saturated carbocycles. The van der Waals surface area contributed by atoms with E-state index in [0.29, 0.717) is 36.1 Å². The first-order valence-electron chi connectivity index (χ1n) is 13.8. The van der Waals surface area contributed by atoms with E-state index in [0.717, 1.165) is 5.56 Å². The highest BCUT2D eigenvalue weighted by molar-refractivity contribution is 6.10. The van der Waals surface area contributed by atoms with Crippen LogP contribution in [0.1, 0.15) is 32.8 Å². The van der Waals surface area contributed by atoms with E-state index in [4.69, 9.17) is 9.47 Å². The van der Waals surface area contributed by atoms with Crippen LogP contribution in [-0.2, 0) is 14.4 Å². The number of amides is 2. The van der Waals surface area contributed by atoms with E-state index >= 15 is 0 Å². The second-order valence-corrected chi connectivity index (χ2v) is 10.1. The summed E-state index contributed by atoms with van der Waals surface area (Å²) in [6.45, 7) is 5.93. The van der Waals surface area contributed by atoms with Crippen LogP contribution in [0.15, 0.2) is 84.9 Å². The van der Waals surface area contributed by atoms with Crippen LogP contribution < -0.4 is 20.1 Å². The van der Waals surface area contributed by atoms with Gasteiger partial charge in [0.2, 0.25) is 11.8 Å². The number of rotatable bonds is 10. The van der Waals surface area contributed by atoms with Crippen molar-refractivity contribution in [3.8, 4) is 11.5 Å². The summed E-state index contributed by atoms with van der Waals surface area (Å²) in [4.78, 5) is 41.2. The van der Waals surface area contributed by atoms with Gasteiger partial charge in [-0.15, -0.1) is 0 Å². The minimum atomic E-state index is -1.71. The number of Topliss-reactive ketones (excluding diaryl/α,β-unsaturated/α-hetero) is 1. The molecule has 4 unspecified atom stereocenters. The summed E-state index contributed by atoms with van der Waals surface area (Å²) < 4.78 is 11.3. The topological polar surface area (TPSA) is 114 Å². The van der Waals surface area contributed by atoms with Crippen molar-refractivity contribution in [2.24, 2.45) is 17.8 Å². The largest absolute Gasteiger partial charge is 0.492 e. The molecule has 0 aromatic heterocycles. The highest BCUT2D eigenvalue weighted by Gasteiger charge is 2.54. The summed E-state index contributed by atoms with van der Waals surface area (Å²) in [6.07, 6.45) is 3.08. The summed E-state index contributed by atoms with van der Waals surface area (Å²) in [5.41, 5.74) is -0.0359. The van der Waals surface area contributed by atoms with Crippen molar-refractivity contribution in [1.29, 1.82) is 0 Å². The van der Waals surface area contributed by atoms with Gasteiger partial charge >= 0.3 is 0 Å². The monoisotopic (exact) mass is 556 g/mol. The van der Waals surface area contributed by atoms with Gasteiger partial charge in [-0.25, -0.2) is 0 Å². The maximum atomic E-state index is 13.9. The molecule has 3 aromatic rings. The van der Waals surface area contributed by atoms with Crippen LogP contribution in [0.5, 0.6) is 11.5 Å². The van der Waals surface area contributed by atoms with Gasteiger partial charge in [-0.05, 0) is 50.6 Å². The third-order valence-electron chi connectivity index (χ3n) is 7.08. The zero-order valence-electron chi connectivity index (χ0n) is 23.5. The zero-order valence-corrected chi connectivity index (χ0v) is 23.5. The van der Waals surface area contributed by atoms with Crippen molar-refractivity contribution in [2.75, 3.05) is 23.8 Å². The fraction of sp³-hybridized carbons (Fsp3) is 0.303. The quantitative estimate of drug-likeness (QED) is 0.290. The first kappa shape index (κ1) is 29.6. The van der Waals surface area contributed by atoms with Crippen LogP contribution in [0.3, 0.4) is 0 Å². The second kappa shape index (κ2) is 13.3. The molecule has 0 bridgehead atoms. The average molecular weight is 557 g/mol. The lowest BCUT2D eigenvalue weighted by atomic mass is 9.63. The Balaban J connectivity index is 1.73. The number of nitrogens with one attached hydrogen (secondary N) is 2. The Kier molecular flexibility index (Phi) is 9.57. The van der Waals surface area contributed by atoms with E-state index < -0.39 is 41.0 Å². The van der Waals surface area contributed by atoms with Crippen molar-refractivity contribution < 1.29 is 29.0 Å². The molecule has 3 N–H and O–H groups in total. The number of hydrogen-bond donors (Lipinski definition) is 3. The number of benzene rings is 3. The third-order valence-corrected chi connectivity index (χ3v) is 7.08. The van der Waals surface area contributed by atoms with Crippen LogP contribution >= 0.6 is 0 Å². The number of hydrogen-bond acceptors (Lipinski definition) is 6. The van der Waals surface area contributed by atoms with Crippen LogP contribution in [0, 0.1) is 17.8 Å². The Morgan fingerprint density at radius 1 is 0.854 bits per heavy atom. The van der Waals surface area contributed by atoms with Crippen molar-refractivity contribution in [1.82, 2.24) is 0 Å². The molecule has 0 aliphatic heterocycles. The lowest BCUT2D eigenvalue weighted by molar-refractivity contribution is -0.152. The summed E-state index contributed by atoms with van der Waals surface area (Å²) in [6, 6.07) is 23.3. The Morgan fingerprint density at radius 3 is 1.93 bits per heavy atom. The van der Waals surface area contributed by atoms with E-state index in [1.807, 2.05) is 44.2 Å². The van der Waals surface area contributed by atoms with Gasteiger partial charge in [0.25, 0.3) is 0 Å². The molecule has 0 saturated heterocycles. The van der Waals surface area contributed by atoms with Gasteiger partial charge in [0, 0.05) is 12.3 Å². The molecule has 4 rings (SSSR count). The maximum Gasteiger partial charge on any atom is 0.235 e. The fourth-order valence-corrected chi connectivity index (χ4v) is 5.30. The fourth-order valence-electron chi connectivity index (χ4n) is 5.30. The average Bonchev–Trinajstić information content (AvgIpc) is 2.94. The molecule has 0 radical (unpaired) electrons. The molecule has 41 heavy (non-hydrogen) atoms. The van der Waals surface area contributed by atoms with Gasteiger partial charge in [0.05, 0.1) is 36.1 Å². The van der Waals surface area contributed by atoms with Gasteiger partial charge in [-0.3, -0.25) is 14.4 Å². The molecule has 1 fully saturated rings. The van der Waals surface area contributed by atoms with Crippen LogP contribution in [0.4, 0.5) is 11.4 Å². The zero-order chi connectivity index (χ0) is 29.4. The molecular formula is C33H36N2O6. The Bertz CT molecular complexity index is 1400. The number of aliphatic hydroxyl groups is 1. The molecule has 214 valence electrons.